The summed E-state index contributed by atoms with van der Waals surface area (Å²) < 4.78 is 5.79. The Morgan fingerprint density at radius 2 is 1.71 bits per heavy atom. The van der Waals surface area contributed by atoms with E-state index in [0.717, 1.165) is 33.6 Å². The summed E-state index contributed by atoms with van der Waals surface area (Å²) in [4.78, 5) is 27.4. The van der Waals surface area contributed by atoms with Crippen LogP contribution in [0.2, 0.25) is 0 Å². The molecule has 3 rings (SSSR count). The first-order chi connectivity index (χ1) is 14.6. The minimum Gasteiger partial charge on any atom is -0.494 e. The molecule has 0 spiro atoms. The Morgan fingerprint density at radius 3 is 2.29 bits per heavy atom. The zero-order chi connectivity index (χ0) is 22.9. The van der Waals surface area contributed by atoms with Crippen LogP contribution in [-0.4, -0.2) is 23.5 Å². The summed E-state index contributed by atoms with van der Waals surface area (Å²) in [6.07, 6.45) is 1.64. The monoisotopic (exact) mass is 436 g/mol. The molecule has 2 aromatic carbocycles. The van der Waals surface area contributed by atoms with Crippen LogP contribution in [-0.2, 0) is 9.59 Å². The molecule has 6 heteroatoms. The van der Waals surface area contributed by atoms with Crippen molar-refractivity contribution in [1.29, 1.82) is 0 Å². The van der Waals surface area contributed by atoms with E-state index in [2.05, 4.69) is 19.2 Å². The summed E-state index contributed by atoms with van der Waals surface area (Å²) >= 11 is 5.32. The molecule has 0 aliphatic carbocycles. The van der Waals surface area contributed by atoms with Gasteiger partial charge >= 0.3 is 0 Å². The van der Waals surface area contributed by atoms with E-state index in [1.807, 2.05) is 58.0 Å². The molecule has 0 bridgehead atoms. The van der Waals surface area contributed by atoms with Crippen molar-refractivity contribution in [3.8, 4) is 5.75 Å². The molecular weight excluding hydrogens is 408 g/mol. The molecule has 31 heavy (non-hydrogen) atoms. The van der Waals surface area contributed by atoms with Crippen LogP contribution >= 0.6 is 12.2 Å². The molecule has 2 aromatic rings. The van der Waals surface area contributed by atoms with Crippen molar-refractivity contribution < 1.29 is 14.3 Å². The van der Waals surface area contributed by atoms with Crippen LogP contribution in [0.4, 0.5) is 5.69 Å². The molecule has 1 N–H and O–H groups in total. The van der Waals surface area contributed by atoms with E-state index in [1.54, 1.807) is 6.08 Å². The summed E-state index contributed by atoms with van der Waals surface area (Å²) in [6, 6.07) is 9.74. The average Bonchev–Trinajstić information content (AvgIpc) is 2.65. The zero-order valence-electron chi connectivity index (χ0n) is 18.8. The first-order valence-corrected chi connectivity index (χ1v) is 10.8. The van der Waals surface area contributed by atoms with Gasteiger partial charge in [-0.05, 0) is 104 Å². The van der Waals surface area contributed by atoms with Crippen LogP contribution in [0.1, 0.15) is 54.5 Å². The van der Waals surface area contributed by atoms with Crippen LogP contribution in [0.5, 0.6) is 5.75 Å². The van der Waals surface area contributed by atoms with Gasteiger partial charge in [0.2, 0.25) is 0 Å². The maximum atomic E-state index is 13.4. The SMILES string of the molecule is CCOc1cc(C)c(/C=C2\C(=O)NC(=S)N(c3cc(C)cc(C)c3)C2=O)cc1C(C)C. The fourth-order valence-corrected chi connectivity index (χ4v) is 4.01. The van der Waals surface area contributed by atoms with E-state index in [-0.39, 0.29) is 16.6 Å². The molecule has 0 atom stereocenters. The zero-order valence-corrected chi connectivity index (χ0v) is 19.6. The van der Waals surface area contributed by atoms with Crippen LogP contribution in [0, 0.1) is 20.8 Å². The molecule has 1 fully saturated rings. The number of anilines is 1. The minimum atomic E-state index is -0.491. The fourth-order valence-electron chi connectivity index (χ4n) is 3.73. The molecular formula is C25H28N2O3S. The number of aryl methyl sites for hydroxylation is 3. The topological polar surface area (TPSA) is 58.6 Å². The van der Waals surface area contributed by atoms with Gasteiger partial charge in [0.15, 0.2) is 5.11 Å². The van der Waals surface area contributed by atoms with E-state index < -0.39 is 11.8 Å². The maximum absolute atomic E-state index is 13.4. The Labute approximate surface area is 189 Å². The molecule has 1 aliphatic heterocycles. The second-order valence-corrected chi connectivity index (χ2v) is 8.52. The van der Waals surface area contributed by atoms with E-state index in [1.165, 1.54) is 4.90 Å². The third-order valence-corrected chi connectivity index (χ3v) is 5.47. The van der Waals surface area contributed by atoms with Crippen molar-refractivity contribution in [2.75, 3.05) is 11.5 Å². The standard InChI is InChI=1S/C25H28N2O3S/c1-7-30-22-11-17(6)18(12-20(22)14(2)3)13-21-23(28)26-25(31)27(24(21)29)19-9-15(4)8-16(5)10-19/h8-14H,7H2,1-6H3,(H,26,28,31)/b21-13+. The molecule has 162 valence electrons. The highest BCUT2D eigenvalue weighted by atomic mass is 32.1. The third kappa shape index (κ3) is 4.69. The smallest absolute Gasteiger partial charge is 0.270 e. The first kappa shape index (κ1) is 22.7. The van der Waals surface area contributed by atoms with Crippen LogP contribution in [0.25, 0.3) is 6.08 Å². The van der Waals surface area contributed by atoms with Crippen LogP contribution < -0.4 is 15.0 Å². The fraction of sp³-hybridized carbons (Fsp3) is 0.320. The van der Waals surface area contributed by atoms with Gasteiger partial charge in [-0.1, -0.05) is 19.9 Å². The summed E-state index contributed by atoms with van der Waals surface area (Å²) in [6.45, 7) is 12.6. The number of hydrogen-bond acceptors (Lipinski definition) is 4. The summed E-state index contributed by atoms with van der Waals surface area (Å²) in [5.74, 6) is 0.136. The lowest BCUT2D eigenvalue weighted by molar-refractivity contribution is -0.122. The summed E-state index contributed by atoms with van der Waals surface area (Å²) in [5.41, 5.74) is 5.48. The molecule has 2 amide bonds. The van der Waals surface area contributed by atoms with Crippen molar-refractivity contribution >= 4 is 40.9 Å². The number of benzene rings is 2. The average molecular weight is 437 g/mol. The third-order valence-electron chi connectivity index (χ3n) is 5.19. The van der Waals surface area contributed by atoms with Gasteiger partial charge in [0.05, 0.1) is 12.3 Å². The Balaban J connectivity index is 2.09. The van der Waals surface area contributed by atoms with Gasteiger partial charge in [-0.3, -0.25) is 19.8 Å². The van der Waals surface area contributed by atoms with E-state index in [4.69, 9.17) is 17.0 Å². The number of carbonyl (C=O) groups is 2. The van der Waals surface area contributed by atoms with Gasteiger partial charge in [0.1, 0.15) is 11.3 Å². The lowest BCUT2D eigenvalue weighted by atomic mass is 9.94. The Bertz CT molecular complexity index is 1080. The Kier molecular flexibility index (Phi) is 6.60. The molecule has 0 unspecified atom stereocenters. The van der Waals surface area contributed by atoms with Gasteiger partial charge in [-0.25, -0.2) is 0 Å². The highest BCUT2D eigenvalue weighted by Crippen LogP contribution is 2.32. The molecule has 1 heterocycles. The molecule has 0 radical (unpaired) electrons. The second-order valence-electron chi connectivity index (χ2n) is 8.14. The number of amides is 2. The summed E-state index contributed by atoms with van der Waals surface area (Å²) in [7, 11) is 0. The van der Waals surface area contributed by atoms with Gasteiger partial charge in [0, 0.05) is 0 Å². The second kappa shape index (κ2) is 9.02. The number of nitrogens with one attached hydrogen (secondary N) is 1. The maximum Gasteiger partial charge on any atom is 0.270 e. The predicted molar refractivity (Wildman–Crippen MR) is 129 cm³/mol. The Hall–Kier alpha value is -2.99. The van der Waals surface area contributed by atoms with E-state index in [0.29, 0.717) is 12.3 Å². The highest BCUT2D eigenvalue weighted by molar-refractivity contribution is 7.80. The number of nitrogens with zero attached hydrogens (tertiary/aromatic N) is 1. The lowest BCUT2D eigenvalue weighted by Gasteiger charge is -2.29. The van der Waals surface area contributed by atoms with Crippen molar-refractivity contribution in [2.45, 2.75) is 47.5 Å². The number of hydrogen-bond donors (Lipinski definition) is 1. The number of carbonyl (C=O) groups excluding carboxylic acids is 2. The van der Waals surface area contributed by atoms with Crippen molar-refractivity contribution in [1.82, 2.24) is 5.32 Å². The molecule has 0 saturated carbocycles. The van der Waals surface area contributed by atoms with Crippen molar-refractivity contribution in [3.63, 3.8) is 0 Å². The van der Waals surface area contributed by atoms with Gasteiger partial charge in [0.25, 0.3) is 11.8 Å². The van der Waals surface area contributed by atoms with E-state index >= 15 is 0 Å². The van der Waals surface area contributed by atoms with Gasteiger partial charge in [-0.15, -0.1) is 0 Å². The molecule has 0 aromatic heterocycles. The number of thiocarbonyl (C=S) groups is 1. The minimum absolute atomic E-state index is 0.0507. The van der Waals surface area contributed by atoms with Crippen LogP contribution in [0.15, 0.2) is 35.9 Å². The first-order valence-electron chi connectivity index (χ1n) is 10.4. The number of rotatable bonds is 5. The largest absolute Gasteiger partial charge is 0.494 e. The van der Waals surface area contributed by atoms with Crippen molar-refractivity contribution in [3.05, 3.63) is 63.7 Å². The van der Waals surface area contributed by atoms with Crippen molar-refractivity contribution in [2.24, 2.45) is 0 Å². The molecule has 5 nitrogen and oxygen atoms in total. The molecule has 1 aliphatic rings. The van der Waals surface area contributed by atoms with E-state index in [9.17, 15) is 9.59 Å². The van der Waals surface area contributed by atoms with Gasteiger partial charge < -0.3 is 4.74 Å². The predicted octanol–water partition coefficient (Wildman–Crippen LogP) is 4.97. The normalized spacial score (nSPS) is 15.6. The number of ether oxygens (including phenoxy) is 1. The molecule has 1 saturated heterocycles. The highest BCUT2D eigenvalue weighted by Gasteiger charge is 2.34. The summed E-state index contributed by atoms with van der Waals surface area (Å²) in [5, 5.41) is 2.75. The van der Waals surface area contributed by atoms with Crippen LogP contribution in [0.3, 0.4) is 0 Å². The lowest BCUT2D eigenvalue weighted by Crippen LogP contribution is -2.54. The quantitative estimate of drug-likeness (QED) is 0.409. The Morgan fingerprint density at radius 1 is 1.06 bits per heavy atom. The van der Waals surface area contributed by atoms with Gasteiger partial charge in [-0.2, -0.15) is 0 Å².